The first kappa shape index (κ1) is 22.1. The Balaban J connectivity index is 1.09. The molecule has 5 aliphatic rings. The summed E-state index contributed by atoms with van der Waals surface area (Å²) in [6.07, 6.45) is 9.92. The monoisotopic (exact) mass is 431 g/mol. The first-order valence-corrected chi connectivity index (χ1v) is 13.3. The van der Waals surface area contributed by atoms with Gasteiger partial charge in [0.25, 0.3) is 0 Å². The minimum absolute atomic E-state index is 0.0475. The van der Waals surface area contributed by atoms with E-state index in [0.29, 0.717) is 18.1 Å². The summed E-state index contributed by atoms with van der Waals surface area (Å²) in [5.41, 5.74) is 0. The number of fused-ring (bicyclic) bond motifs is 2. The van der Waals surface area contributed by atoms with Crippen molar-refractivity contribution in [2.45, 2.75) is 82.5 Å². The Kier molecular flexibility index (Phi) is 6.89. The summed E-state index contributed by atoms with van der Waals surface area (Å²) in [5.74, 6) is 3.31. The van der Waals surface area contributed by atoms with Crippen LogP contribution in [0.15, 0.2) is 0 Å². The summed E-state index contributed by atoms with van der Waals surface area (Å²) in [6, 6.07) is 1.63. The van der Waals surface area contributed by atoms with E-state index in [-0.39, 0.29) is 11.9 Å². The van der Waals surface area contributed by atoms with Crippen LogP contribution in [0.2, 0.25) is 0 Å². The minimum atomic E-state index is 0.0475. The fourth-order valence-corrected chi connectivity index (χ4v) is 7.44. The molecule has 31 heavy (non-hydrogen) atoms. The normalized spacial score (nSPS) is 44.5. The molecule has 0 radical (unpaired) electrons. The number of amides is 1. The number of hydrogen-bond donors (Lipinski definition) is 3. The fourth-order valence-electron chi connectivity index (χ4n) is 7.44. The van der Waals surface area contributed by atoms with Crippen molar-refractivity contribution in [2.24, 2.45) is 23.7 Å². The molecule has 3 heterocycles. The summed E-state index contributed by atoms with van der Waals surface area (Å²) in [5, 5.41) is 11.1. The predicted molar refractivity (Wildman–Crippen MR) is 125 cm³/mol. The van der Waals surface area contributed by atoms with Gasteiger partial charge in [0.05, 0.1) is 6.04 Å². The zero-order chi connectivity index (χ0) is 21.4. The highest BCUT2D eigenvalue weighted by molar-refractivity contribution is 5.82. The fraction of sp³-hybridized carbons (Fsp3) is 0.960. The summed E-state index contributed by atoms with van der Waals surface area (Å²) in [7, 11) is 2.23. The Morgan fingerprint density at radius 3 is 2.61 bits per heavy atom. The summed E-state index contributed by atoms with van der Waals surface area (Å²) >= 11 is 0. The van der Waals surface area contributed by atoms with Crippen LogP contribution in [0.3, 0.4) is 0 Å². The van der Waals surface area contributed by atoms with Crippen molar-refractivity contribution in [1.82, 2.24) is 25.8 Å². The number of nitrogens with one attached hydrogen (secondary N) is 3. The van der Waals surface area contributed by atoms with Gasteiger partial charge in [-0.05, 0) is 82.2 Å². The number of nitrogens with zero attached hydrogens (tertiary/aromatic N) is 2. The lowest BCUT2D eigenvalue weighted by Crippen LogP contribution is -2.55. The van der Waals surface area contributed by atoms with E-state index in [9.17, 15) is 4.79 Å². The zero-order valence-corrected chi connectivity index (χ0v) is 19.8. The molecule has 2 aliphatic carbocycles. The highest BCUT2D eigenvalue weighted by Gasteiger charge is 2.42. The van der Waals surface area contributed by atoms with Gasteiger partial charge in [-0.2, -0.15) is 0 Å². The van der Waals surface area contributed by atoms with Crippen LogP contribution in [0.1, 0.15) is 58.3 Å². The molecule has 6 heteroatoms. The van der Waals surface area contributed by atoms with Crippen molar-refractivity contribution >= 4 is 5.91 Å². The molecule has 3 N–H and O–H groups in total. The van der Waals surface area contributed by atoms with E-state index >= 15 is 0 Å². The van der Waals surface area contributed by atoms with Crippen LogP contribution in [0.25, 0.3) is 0 Å². The number of piperidine rings is 1. The molecule has 8 atom stereocenters. The van der Waals surface area contributed by atoms with E-state index in [1.165, 1.54) is 77.8 Å². The molecule has 8 unspecified atom stereocenters. The molecule has 5 rings (SSSR count). The van der Waals surface area contributed by atoms with E-state index in [4.69, 9.17) is 0 Å². The van der Waals surface area contributed by atoms with Crippen molar-refractivity contribution in [2.75, 3.05) is 46.3 Å². The molecule has 0 aromatic carbocycles. The molecule has 5 fully saturated rings. The Morgan fingerprint density at radius 2 is 1.81 bits per heavy atom. The standard InChI is InChI=1S/C25H45N5O/c1-17-4-3-5-18-14-23(28-24(17)18)25(31)27-21-7-6-19-15-26-22(13-20(19)12-21)16-30-10-8-29(2)9-11-30/h17-24,26,28H,3-16H2,1-2H3,(H,27,31). The third-order valence-corrected chi connectivity index (χ3v) is 9.42. The third kappa shape index (κ3) is 5.13. The smallest absolute Gasteiger partial charge is 0.237 e. The van der Waals surface area contributed by atoms with Crippen LogP contribution in [-0.4, -0.2) is 86.2 Å². The average Bonchev–Trinajstić information content (AvgIpc) is 3.21. The number of carbonyl (C=O) groups is 1. The Morgan fingerprint density at radius 1 is 0.968 bits per heavy atom. The maximum Gasteiger partial charge on any atom is 0.237 e. The lowest BCUT2D eigenvalue weighted by molar-refractivity contribution is -0.124. The van der Waals surface area contributed by atoms with E-state index in [1.807, 2.05) is 0 Å². The van der Waals surface area contributed by atoms with Gasteiger partial charge in [-0.15, -0.1) is 0 Å². The van der Waals surface area contributed by atoms with Gasteiger partial charge in [0.15, 0.2) is 0 Å². The van der Waals surface area contributed by atoms with Gasteiger partial charge in [-0.1, -0.05) is 13.3 Å². The van der Waals surface area contributed by atoms with Gasteiger partial charge in [0, 0.05) is 50.8 Å². The average molecular weight is 432 g/mol. The maximum atomic E-state index is 13.1. The number of piperazine rings is 1. The van der Waals surface area contributed by atoms with Crippen LogP contribution in [0.4, 0.5) is 0 Å². The van der Waals surface area contributed by atoms with Crippen LogP contribution in [0.5, 0.6) is 0 Å². The van der Waals surface area contributed by atoms with Gasteiger partial charge in [0.2, 0.25) is 5.91 Å². The molecular formula is C25H45N5O. The van der Waals surface area contributed by atoms with E-state index in [1.54, 1.807) is 0 Å². The topological polar surface area (TPSA) is 59.6 Å². The van der Waals surface area contributed by atoms with Gasteiger partial charge < -0.3 is 20.9 Å². The van der Waals surface area contributed by atoms with E-state index < -0.39 is 0 Å². The van der Waals surface area contributed by atoms with E-state index in [2.05, 4.69) is 39.7 Å². The Hall–Kier alpha value is -0.690. The van der Waals surface area contributed by atoms with Crippen molar-refractivity contribution in [1.29, 1.82) is 0 Å². The minimum Gasteiger partial charge on any atom is -0.352 e. The van der Waals surface area contributed by atoms with Crippen molar-refractivity contribution in [3.63, 3.8) is 0 Å². The van der Waals surface area contributed by atoms with Crippen molar-refractivity contribution < 1.29 is 4.79 Å². The quantitative estimate of drug-likeness (QED) is 0.632. The number of likely N-dealkylation sites (N-methyl/N-ethyl adjacent to an activating group) is 1. The van der Waals surface area contributed by atoms with Crippen molar-refractivity contribution in [3.05, 3.63) is 0 Å². The van der Waals surface area contributed by atoms with Crippen LogP contribution in [-0.2, 0) is 4.79 Å². The van der Waals surface area contributed by atoms with Crippen molar-refractivity contribution in [3.8, 4) is 0 Å². The zero-order valence-electron chi connectivity index (χ0n) is 19.8. The Labute approximate surface area is 189 Å². The van der Waals surface area contributed by atoms with Gasteiger partial charge in [-0.3, -0.25) is 9.69 Å². The second-order valence-corrected chi connectivity index (χ2v) is 11.6. The molecular weight excluding hydrogens is 386 g/mol. The molecule has 176 valence electrons. The number of hydrogen-bond acceptors (Lipinski definition) is 5. The molecule has 3 aliphatic heterocycles. The van der Waals surface area contributed by atoms with Gasteiger partial charge >= 0.3 is 0 Å². The summed E-state index contributed by atoms with van der Waals surface area (Å²) < 4.78 is 0. The predicted octanol–water partition coefficient (Wildman–Crippen LogP) is 1.66. The van der Waals surface area contributed by atoms with E-state index in [0.717, 1.165) is 36.5 Å². The molecule has 3 saturated heterocycles. The summed E-state index contributed by atoms with van der Waals surface area (Å²) in [6.45, 7) is 9.54. The second kappa shape index (κ2) is 9.66. The largest absolute Gasteiger partial charge is 0.352 e. The highest BCUT2D eigenvalue weighted by Crippen LogP contribution is 2.38. The molecule has 0 spiro atoms. The number of rotatable bonds is 4. The van der Waals surface area contributed by atoms with Crippen LogP contribution in [0, 0.1) is 23.7 Å². The Bertz CT molecular complexity index is 621. The lowest BCUT2D eigenvalue weighted by atomic mass is 9.71. The summed E-state index contributed by atoms with van der Waals surface area (Å²) in [4.78, 5) is 18.2. The first-order chi connectivity index (χ1) is 15.0. The van der Waals surface area contributed by atoms with Crippen LogP contribution < -0.4 is 16.0 Å². The molecule has 1 amide bonds. The van der Waals surface area contributed by atoms with Crippen LogP contribution >= 0.6 is 0 Å². The third-order valence-electron chi connectivity index (χ3n) is 9.42. The molecule has 0 aromatic rings. The SMILES string of the molecule is CC1CCCC2CC(C(=O)NC3CCC4CNC(CN5CCN(C)CC5)CC4C3)NC12. The maximum absolute atomic E-state index is 13.1. The number of carbonyl (C=O) groups excluding carboxylic acids is 1. The van der Waals surface area contributed by atoms with Gasteiger partial charge in [-0.25, -0.2) is 0 Å². The lowest BCUT2D eigenvalue weighted by Gasteiger charge is -2.44. The highest BCUT2D eigenvalue weighted by atomic mass is 16.2. The van der Waals surface area contributed by atoms with Gasteiger partial charge in [0.1, 0.15) is 0 Å². The molecule has 0 bridgehead atoms. The second-order valence-electron chi connectivity index (χ2n) is 11.6. The first-order valence-electron chi connectivity index (χ1n) is 13.3. The molecule has 0 aromatic heterocycles. The molecule has 6 nitrogen and oxygen atoms in total. The molecule has 2 saturated carbocycles.